The Hall–Kier alpha value is -0.130. The van der Waals surface area contributed by atoms with Crippen LogP contribution < -0.4 is 0 Å². The molecule has 0 radical (unpaired) electrons. The molecule has 0 amide bonds. The average Bonchev–Trinajstić information content (AvgIpc) is 2.96. The van der Waals surface area contributed by atoms with Crippen LogP contribution in [0.3, 0.4) is 0 Å². The molecule has 0 aromatic heterocycles. The normalized spacial score (nSPS) is 12.0. The van der Waals surface area contributed by atoms with Crippen LogP contribution in [-0.2, 0) is 10.1 Å². The van der Waals surface area contributed by atoms with E-state index in [1.165, 1.54) is 223 Å². The van der Waals surface area contributed by atoms with Crippen molar-refractivity contribution in [3.8, 4) is 0 Å². The number of quaternary nitrogens is 1. The van der Waals surface area contributed by atoms with Gasteiger partial charge in [0.15, 0.2) is 0 Å². The fourth-order valence-corrected chi connectivity index (χ4v) is 6.29. The van der Waals surface area contributed by atoms with Crippen LogP contribution >= 0.6 is 0 Å². The molecule has 0 aliphatic carbocycles. The first-order chi connectivity index (χ1) is 21.1. The Morgan fingerprint density at radius 3 is 0.659 bits per heavy atom. The third kappa shape index (κ3) is 48.8. The lowest BCUT2D eigenvalue weighted by molar-refractivity contribution is -0.890. The Kier molecular flexibility index (Phi) is 37.3. The molecule has 0 saturated heterocycles. The van der Waals surface area contributed by atoms with Gasteiger partial charge in [-0.05, 0) is 25.7 Å². The zero-order chi connectivity index (χ0) is 33.0. The first-order valence-electron chi connectivity index (χ1n) is 19.9. The Labute approximate surface area is 279 Å². The third-order valence-corrected chi connectivity index (χ3v) is 9.23. The first-order valence-corrected chi connectivity index (χ1v) is 21.7. The van der Waals surface area contributed by atoms with Crippen molar-refractivity contribution >= 4 is 10.1 Å². The lowest BCUT2D eigenvalue weighted by atomic mass is 10.0. The number of hydrogen-bond acceptors (Lipinski definition) is 2. The van der Waals surface area contributed by atoms with Crippen molar-refractivity contribution < 1.29 is 17.5 Å². The SMILES string of the molecule is CCCCCCCCCCCCCCCCCC[N+](C)(C)CCCCCCCCCCCCCCCCCC.CS(=O)(=O)O. The Morgan fingerprint density at radius 2 is 0.500 bits per heavy atom. The molecule has 0 aromatic rings. The van der Waals surface area contributed by atoms with Gasteiger partial charge in [0.1, 0.15) is 0 Å². The molecule has 0 atom stereocenters. The molecule has 4 nitrogen and oxygen atoms in total. The highest BCUT2D eigenvalue weighted by atomic mass is 32.2. The monoisotopic (exact) mass is 647 g/mol. The van der Waals surface area contributed by atoms with Crippen LogP contribution in [0.4, 0.5) is 0 Å². The summed E-state index contributed by atoms with van der Waals surface area (Å²) in [6, 6.07) is 0. The standard InChI is InChI=1S/C38H80N.CH4O3S/c1-5-7-9-11-13-15-17-19-21-23-25-27-29-31-33-35-37-39(3,4)38-36-34-32-30-28-26-24-22-20-18-16-14-12-10-8-6-2;1-5(2,3)4/h5-38H2,1-4H3;1H3,(H,2,3,4)/q+1;. The van der Waals surface area contributed by atoms with Crippen LogP contribution in [0.15, 0.2) is 0 Å². The fraction of sp³-hybridized carbons (Fsp3) is 1.00. The van der Waals surface area contributed by atoms with E-state index in [1.807, 2.05) is 0 Å². The molecule has 0 heterocycles. The van der Waals surface area contributed by atoms with Gasteiger partial charge in [0.05, 0.1) is 33.4 Å². The predicted octanol–water partition coefficient (Wildman–Crippen LogP) is 13.1. The second kappa shape index (κ2) is 35.7. The zero-order valence-electron chi connectivity index (χ0n) is 31.2. The van der Waals surface area contributed by atoms with E-state index in [2.05, 4.69) is 27.9 Å². The maximum atomic E-state index is 9.19. The summed E-state index contributed by atoms with van der Waals surface area (Å²) in [5, 5.41) is 0. The molecule has 0 aliphatic heterocycles. The minimum Gasteiger partial charge on any atom is -0.328 e. The van der Waals surface area contributed by atoms with Gasteiger partial charge in [-0.1, -0.05) is 194 Å². The topological polar surface area (TPSA) is 54.4 Å². The molecule has 5 heteroatoms. The lowest BCUT2D eigenvalue weighted by Gasteiger charge is -2.30. The number of unbranched alkanes of at least 4 members (excludes halogenated alkanes) is 30. The van der Waals surface area contributed by atoms with Crippen LogP contribution in [0.25, 0.3) is 0 Å². The highest BCUT2D eigenvalue weighted by Crippen LogP contribution is 2.16. The minimum absolute atomic E-state index is 0.715. The summed E-state index contributed by atoms with van der Waals surface area (Å²) < 4.78 is 27.1. The van der Waals surface area contributed by atoms with Gasteiger partial charge in [0, 0.05) is 0 Å². The summed E-state index contributed by atoms with van der Waals surface area (Å²) in [6.45, 7) is 7.39. The van der Waals surface area contributed by atoms with Crippen molar-refractivity contribution in [2.45, 2.75) is 219 Å². The van der Waals surface area contributed by atoms with Gasteiger partial charge in [-0.2, -0.15) is 8.42 Å². The highest BCUT2D eigenvalue weighted by Gasteiger charge is 2.13. The summed E-state index contributed by atoms with van der Waals surface area (Å²) in [6.07, 6.45) is 47.6. The molecule has 268 valence electrons. The van der Waals surface area contributed by atoms with E-state index in [-0.39, 0.29) is 0 Å². The quantitative estimate of drug-likeness (QED) is 0.0430. The molecule has 0 fully saturated rings. The molecule has 0 unspecified atom stereocenters. The van der Waals surface area contributed by atoms with Gasteiger partial charge in [-0.25, -0.2) is 0 Å². The van der Waals surface area contributed by atoms with Gasteiger partial charge in [-0.15, -0.1) is 0 Å². The van der Waals surface area contributed by atoms with E-state index in [1.54, 1.807) is 0 Å². The molecular weight excluding hydrogens is 563 g/mol. The van der Waals surface area contributed by atoms with E-state index in [0.717, 1.165) is 0 Å². The Bertz CT molecular complexity index is 589. The molecule has 0 bridgehead atoms. The van der Waals surface area contributed by atoms with Crippen molar-refractivity contribution in [1.29, 1.82) is 0 Å². The lowest BCUT2D eigenvalue weighted by Crippen LogP contribution is -2.41. The van der Waals surface area contributed by atoms with Crippen molar-refractivity contribution in [2.24, 2.45) is 0 Å². The second-order valence-electron chi connectivity index (χ2n) is 14.7. The number of rotatable bonds is 34. The van der Waals surface area contributed by atoms with E-state index in [4.69, 9.17) is 4.55 Å². The predicted molar refractivity (Wildman–Crippen MR) is 198 cm³/mol. The van der Waals surface area contributed by atoms with Gasteiger partial charge in [-0.3, -0.25) is 4.55 Å². The van der Waals surface area contributed by atoms with Crippen LogP contribution in [0.5, 0.6) is 0 Å². The fourth-order valence-electron chi connectivity index (χ4n) is 6.29. The first kappa shape index (κ1) is 46.0. The number of hydrogen-bond donors (Lipinski definition) is 1. The van der Waals surface area contributed by atoms with E-state index in [0.29, 0.717) is 6.26 Å². The summed E-state index contributed by atoms with van der Waals surface area (Å²) in [7, 11) is 1.27. The van der Waals surface area contributed by atoms with Crippen molar-refractivity contribution in [3.63, 3.8) is 0 Å². The maximum Gasteiger partial charge on any atom is 0.261 e. The molecule has 44 heavy (non-hydrogen) atoms. The molecule has 0 saturated carbocycles. The molecule has 0 aromatic carbocycles. The Balaban J connectivity index is 0. The van der Waals surface area contributed by atoms with Gasteiger partial charge >= 0.3 is 0 Å². The van der Waals surface area contributed by atoms with E-state index >= 15 is 0 Å². The highest BCUT2D eigenvalue weighted by molar-refractivity contribution is 7.85. The van der Waals surface area contributed by atoms with Crippen LogP contribution in [0.1, 0.15) is 219 Å². The smallest absolute Gasteiger partial charge is 0.261 e. The van der Waals surface area contributed by atoms with Gasteiger partial charge in [0.2, 0.25) is 0 Å². The van der Waals surface area contributed by atoms with Gasteiger partial charge < -0.3 is 4.48 Å². The van der Waals surface area contributed by atoms with Crippen LogP contribution in [0, 0.1) is 0 Å². The maximum absolute atomic E-state index is 9.19. The molecule has 0 spiro atoms. The van der Waals surface area contributed by atoms with Crippen LogP contribution in [0.2, 0.25) is 0 Å². The average molecular weight is 647 g/mol. The minimum atomic E-state index is -3.67. The van der Waals surface area contributed by atoms with Crippen molar-refractivity contribution in [3.05, 3.63) is 0 Å². The zero-order valence-corrected chi connectivity index (χ0v) is 32.0. The Morgan fingerprint density at radius 1 is 0.364 bits per heavy atom. The van der Waals surface area contributed by atoms with Crippen molar-refractivity contribution in [2.75, 3.05) is 33.4 Å². The van der Waals surface area contributed by atoms with Crippen LogP contribution in [-0.4, -0.2) is 50.9 Å². The largest absolute Gasteiger partial charge is 0.328 e. The molecular formula is C39H84NO3S+. The number of nitrogens with zero attached hydrogens (tertiary/aromatic N) is 1. The second-order valence-corrected chi connectivity index (χ2v) is 16.2. The summed E-state index contributed by atoms with van der Waals surface area (Å²) in [5.74, 6) is 0. The molecule has 0 rings (SSSR count). The van der Waals surface area contributed by atoms with Crippen molar-refractivity contribution in [1.82, 2.24) is 0 Å². The van der Waals surface area contributed by atoms with Gasteiger partial charge in [0.25, 0.3) is 10.1 Å². The molecule has 0 aliphatic rings. The molecule has 1 N–H and O–H groups in total. The summed E-state index contributed by atoms with van der Waals surface area (Å²) in [4.78, 5) is 0. The van der Waals surface area contributed by atoms with E-state index < -0.39 is 10.1 Å². The summed E-state index contributed by atoms with van der Waals surface area (Å²) >= 11 is 0. The summed E-state index contributed by atoms with van der Waals surface area (Å²) in [5.41, 5.74) is 0. The third-order valence-electron chi connectivity index (χ3n) is 9.23. The van der Waals surface area contributed by atoms with E-state index in [9.17, 15) is 8.42 Å².